The first-order valence-electron chi connectivity index (χ1n) is 13.4. The molecule has 0 atom stereocenters. The fourth-order valence-electron chi connectivity index (χ4n) is 4.69. The Bertz CT molecular complexity index is 1630. The first-order chi connectivity index (χ1) is 19.5. The monoisotopic (exact) mass is 558 g/mol. The highest BCUT2D eigenvalue weighted by molar-refractivity contribution is 5.70. The topological polar surface area (TPSA) is 143 Å². The normalized spacial score (nSPS) is 14.2. The highest BCUT2D eigenvalue weighted by Gasteiger charge is 2.28. The summed E-state index contributed by atoms with van der Waals surface area (Å²) in [4.78, 5) is 36.0. The standard InChI is InChI=1S/C29H34N8O4/c1-18-6-7-21(40-5)14-24(18)37-25(38)9-8-22(34-37)26-27(30)31-16-23(33-26)19-15-32-36(17-19)20-10-12-35(13-11-20)28(39)41-29(2,3)4/h6-9,14-17,20H,10-13H2,1-5H3,(H2,30,31). The molecule has 4 heterocycles. The van der Waals surface area contributed by atoms with E-state index in [1.165, 1.54) is 10.7 Å². The molecule has 1 aliphatic heterocycles. The number of likely N-dealkylation sites (tertiary alicyclic amines) is 1. The molecule has 0 bridgehead atoms. The van der Waals surface area contributed by atoms with E-state index in [1.807, 2.05) is 50.7 Å². The Hall–Kier alpha value is -4.74. The number of nitrogens with zero attached hydrogens (tertiary/aromatic N) is 7. The van der Waals surface area contributed by atoms with Crippen molar-refractivity contribution in [1.29, 1.82) is 0 Å². The zero-order chi connectivity index (χ0) is 29.3. The van der Waals surface area contributed by atoms with Crippen LogP contribution in [0.15, 0.2) is 53.7 Å². The van der Waals surface area contributed by atoms with Crippen molar-refractivity contribution in [2.75, 3.05) is 25.9 Å². The molecule has 1 saturated heterocycles. The molecular formula is C29H34N8O4. The van der Waals surface area contributed by atoms with Crippen LogP contribution < -0.4 is 16.0 Å². The predicted molar refractivity (Wildman–Crippen MR) is 154 cm³/mol. The van der Waals surface area contributed by atoms with Gasteiger partial charge >= 0.3 is 6.09 Å². The second kappa shape index (κ2) is 11.0. The van der Waals surface area contributed by atoms with Crippen molar-refractivity contribution in [3.8, 4) is 34.1 Å². The molecule has 0 radical (unpaired) electrons. The van der Waals surface area contributed by atoms with Gasteiger partial charge in [0.2, 0.25) is 0 Å². The van der Waals surface area contributed by atoms with Gasteiger partial charge in [0, 0.05) is 37.0 Å². The third-order valence-electron chi connectivity index (χ3n) is 6.88. The predicted octanol–water partition coefficient (Wildman–Crippen LogP) is 4.02. The number of methoxy groups -OCH3 is 1. The van der Waals surface area contributed by atoms with E-state index in [2.05, 4.69) is 15.2 Å². The molecule has 41 heavy (non-hydrogen) atoms. The fourth-order valence-corrected chi connectivity index (χ4v) is 4.69. The lowest BCUT2D eigenvalue weighted by molar-refractivity contribution is 0.0185. The van der Waals surface area contributed by atoms with E-state index in [1.54, 1.807) is 36.5 Å². The van der Waals surface area contributed by atoms with Gasteiger partial charge in [0.05, 0.1) is 36.9 Å². The van der Waals surface area contributed by atoms with Crippen LogP contribution in [0.25, 0.3) is 28.3 Å². The third-order valence-corrected chi connectivity index (χ3v) is 6.88. The summed E-state index contributed by atoms with van der Waals surface area (Å²) in [7, 11) is 1.57. The van der Waals surface area contributed by atoms with Crippen molar-refractivity contribution in [1.82, 2.24) is 34.4 Å². The number of piperidine rings is 1. The Morgan fingerprint density at radius 1 is 1.07 bits per heavy atom. The van der Waals surface area contributed by atoms with Gasteiger partial charge in [0.1, 0.15) is 22.7 Å². The van der Waals surface area contributed by atoms with Gasteiger partial charge in [-0.05, 0) is 58.2 Å². The maximum atomic E-state index is 12.8. The summed E-state index contributed by atoms with van der Waals surface area (Å²) < 4.78 is 14.0. The number of amides is 1. The van der Waals surface area contributed by atoms with Gasteiger partial charge in [-0.15, -0.1) is 0 Å². The summed E-state index contributed by atoms with van der Waals surface area (Å²) in [6.45, 7) is 8.67. The van der Waals surface area contributed by atoms with Gasteiger partial charge in [-0.25, -0.2) is 14.8 Å². The molecule has 12 nitrogen and oxygen atoms in total. The maximum Gasteiger partial charge on any atom is 0.410 e. The summed E-state index contributed by atoms with van der Waals surface area (Å²) in [6, 6.07) is 8.59. The van der Waals surface area contributed by atoms with Gasteiger partial charge < -0.3 is 20.1 Å². The minimum Gasteiger partial charge on any atom is -0.497 e. The molecule has 0 saturated carbocycles. The Morgan fingerprint density at radius 2 is 1.83 bits per heavy atom. The zero-order valence-corrected chi connectivity index (χ0v) is 23.9. The quantitative estimate of drug-likeness (QED) is 0.384. The van der Waals surface area contributed by atoms with Crippen molar-refractivity contribution in [2.24, 2.45) is 0 Å². The molecule has 1 aliphatic rings. The lowest BCUT2D eigenvalue weighted by Crippen LogP contribution is -2.42. The number of nitrogen functional groups attached to an aromatic ring is 1. The Labute approximate surface area is 237 Å². The second-order valence-corrected chi connectivity index (χ2v) is 11.0. The van der Waals surface area contributed by atoms with Gasteiger partial charge in [0.25, 0.3) is 5.56 Å². The molecule has 1 aromatic carbocycles. The lowest BCUT2D eigenvalue weighted by Gasteiger charge is -2.33. The zero-order valence-electron chi connectivity index (χ0n) is 23.9. The van der Waals surface area contributed by atoms with E-state index in [0.29, 0.717) is 41.6 Å². The van der Waals surface area contributed by atoms with Crippen LogP contribution in [0.5, 0.6) is 5.75 Å². The number of hydrogen-bond acceptors (Lipinski definition) is 9. The lowest BCUT2D eigenvalue weighted by atomic mass is 10.1. The van der Waals surface area contributed by atoms with Crippen LogP contribution in [-0.2, 0) is 4.74 Å². The van der Waals surface area contributed by atoms with Crippen LogP contribution in [0.1, 0.15) is 45.2 Å². The number of nitrogens with two attached hydrogens (primary N) is 1. The molecule has 0 aliphatic carbocycles. The number of carbonyl (C=O) groups excluding carboxylic acids is 1. The molecule has 214 valence electrons. The molecule has 1 amide bonds. The van der Waals surface area contributed by atoms with Gasteiger partial charge in [-0.1, -0.05) is 6.07 Å². The number of aryl methyl sites for hydroxylation is 1. The molecule has 3 aromatic heterocycles. The van der Waals surface area contributed by atoms with E-state index < -0.39 is 5.60 Å². The first kappa shape index (κ1) is 27.8. The SMILES string of the molecule is COc1ccc(C)c(-n2nc(-c3nc(-c4cnn(C5CCN(C(=O)OC(C)(C)C)CC5)c4)cnc3N)ccc2=O)c1. The number of benzene rings is 1. The Morgan fingerprint density at radius 3 is 2.54 bits per heavy atom. The molecule has 0 unspecified atom stereocenters. The van der Waals surface area contributed by atoms with E-state index in [-0.39, 0.29) is 23.5 Å². The van der Waals surface area contributed by atoms with Crippen LogP contribution in [0, 0.1) is 6.92 Å². The van der Waals surface area contributed by atoms with Crippen molar-refractivity contribution < 1.29 is 14.3 Å². The van der Waals surface area contributed by atoms with Crippen molar-refractivity contribution in [3.63, 3.8) is 0 Å². The smallest absolute Gasteiger partial charge is 0.410 e. The molecule has 1 fully saturated rings. The molecule has 12 heteroatoms. The minimum atomic E-state index is -0.523. The molecule has 4 aromatic rings. The summed E-state index contributed by atoms with van der Waals surface area (Å²) >= 11 is 0. The summed E-state index contributed by atoms with van der Waals surface area (Å²) in [6.07, 6.45) is 6.48. The summed E-state index contributed by atoms with van der Waals surface area (Å²) in [5.74, 6) is 0.800. The van der Waals surface area contributed by atoms with Crippen LogP contribution >= 0.6 is 0 Å². The average molecular weight is 559 g/mol. The van der Waals surface area contributed by atoms with Crippen LogP contribution in [0.3, 0.4) is 0 Å². The van der Waals surface area contributed by atoms with E-state index in [0.717, 1.165) is 24.0 Å². The molecule has 5 rings (SSSR count). The van der Waals surface area contributed by atoms with Crippen LogP contribution in [-0.4, -0.2) is 66.3 Å². The Balaban J connectivity index is 1.37. The number of carbonyl (C=O) groups is 1. The van der Waals surface area contributed by atoms with Gasteiger partial charge in [-0.2, -0.15) is 14.9 Å². The molecule has 0 spiro atoms. The highest BCUT2D eigenvalue weighted by atomic mass is 16.6. The Kier molecular flexibility index (Phi) is 7.48. The van der Waals surface area contributed by atoms with Crippen molar-refractivity contribution >= 4 is 11.9 Å². The van der Waals surface area contributed by atoms with Crippen LogP contribution in [0.2, 0.25) is 0 Å². The number of aromatic nitrogens is 6. The summed E-state index contributed by atoms with van der Waals surface area (Å²) in [5, 5.41) is 9.14. The van der Waals surface area contributed by atoms with Crippen molar-refractivity contribution in [3.05, 3.63) is 64.8 Å². The number of rotatable bonds is 5. The fraction of sp³-hybridized carbons (Fsp3) is 0.379. The summed E-state index contributed by atoms with van der Waals surface area (Å²) in [5.41, 5.74) is 8.95. The first-order valence-corrected chi connectivity index (χ1v) is 13.4. The third kappa shape index (κ3) is 6.06. The molecule has 2 N–H and O–H groups in total. The highest BCUT2D eigenvalue weighted by Crippen LogP contribution is 2.28. The number of ether oxygens (including phenoxy) is 2. The van der Waals surface area contributed by atoms with Crippen molar-refractivity contribution in [2.45, 2.75) is 52.2 Å². The number of hydrogen-bond donors (Lipinski definition) is 1. The van der Waals surface area contributed by atoms with Gasteiger partial charge in [0.15, 0.2) is 5.82 Å². The molecular weight excluding hydrogens is 524 g/mol. The average Bonchev–Trinajstić information content (AvgIpc) is 3.44. The maximum absolute atomic E-state index is 12.8. The van der Waals surface area contributed by atoms with Gasteiger partial charge in [-0.3, -0.25) is 9.48 Å². The minimum absolute atomic E-state index is 0.139. The van der Waals surface area contributed by atoms with Crippen LogP contribution in [0.4, 0.5) is 10.6 Å². The van der Waals surface area contributed by atoms with E-state index >= 15 is 0 Å². The largest absolute Gasteiger partial charge is 0.497 e. The number of anilines is 1. The second-order valence-electron chi connectivity index (χ2n) is 11.0. The van der Waals surface area contributed by atoms with E-state index in [9.17, 15) is 9.59 Å². The van der Waals surface area contributed by atoms with E-state index in [4.69, 9.17) is 20.2 Å².